The molecule has 0 radical (unpaired) electrons. The lowest BCUT2D eigenvalue weighted by molar-refractivity contribution is -0.179. The molecule has 0 bridgehead atoms. The zero-order valence-corrected chi connectivity index (χ0v) is 14.8. The number of hydrogen-bond acceptors (Lipinski definition) is 6. The minimum atomic E-state index is -4.32. The van der Waals surface area contributed by atoms with Crippen LogP contribution in [0.15, 0.2) is 18.2 Å². The molecule has 26 heavy (non-hydrogen) atoms. The molecule has 0 spiro atoms. The van der Waals surface area contributed by atoms with Gasteiger partial charge in [-0.05, 0) is 31.5 Å². The van der Waals surface area contributed by atoms with Gasteiger partial charge in [-0.25, -0.2) is 13.8 Å². The van der Waals surface area contributed by atoms with Crippen molar-refractivity contribution in [2.45, 2.75) is 32.1 Å². The topological polar surface area (TPSA) is 60.5 Å². The second-order valence-corrected chi connectivity index (χ2v) is 6.36. The largest absolute Gasteiger partial charge is 0.494 e. The maximum atomic E-state index is 12.6. The molecule has 1 N–H and O–H groups in total. The number of thiazole rings is 1. The van der Waals surface area contributed by atoms with Crippen molar-refractivity contribution in [3.05, 3.63) is 18.2 Å². The number of halogens is 4. The van der Waals surface area contributed by atoms with Gasteiger partial charge in [-0.3, -0.25) is 4.79 Å². The Bertz CT molecular complexity index is 739. The van der Waals surface area contributed by atoms with Crippen molar-refractivity contribution in [1.29, 1.82) is 0 Å². The number of nitrogens with one attached hydrogen (secondary N) is 1. The number of carbonyl (C=O) groups is 1. The van der Waals surface area contributed by atoms with Crippen molar-refractivity contribution in [2.75, 3.05) is 25.1 Å². The molecule has 0 saturated carbocycles. The van der Waals surface area contributed by atoms with Gasteiger partial charge in [0.05, 0.1) is 16.8 Å². The van der Waals surface area contributed by atoms with Crippen LogP contribution in [0, 0.1) is 0 Å². The maximum absolute atomic E-state index is 12.6. The summed E-state index contributed by atoms with van der Waals surface area (Å²) in [5.74, 6) is -4.52. The van der Waals surface area contributed by atoms with E-state index in [1.807, 2.05) is 25.1 Å². The standard InChI is InChI=1S/C16H18F4N2O3S/c1-2-24-10-5-6-11-12(8-10)26-15(22-11)21-7-3-4-13(23)25-9-16(19,20)14(17)18/h5-6,8,14H,2-4,7,9H2,1H3,(H,21,22). The molecule has 0 atom stereocenters. The summed E-state index contributed by atoms with van der Waals surface area (Å²) in [6, 6.07) is 5.53. The smallest absolute Gasteiger partial charge is 0.340 e. The Labute approximate surface area is 151 Å². The summed E-state index contributed by atoms with van der Waals surface area (Å²) in [5, 5.41) is 3.67. The van der Waals surface area contributed by atoms with Crippen molar-refractivity contribution >= 4 is 32.7 Å². The van der Waals surface area contributed by atoms with E-state index in [1.165, 1.54) is 11.3 Å². The van der Waals surface area contributed by atoms with Gasteiger partial charge in [0.1, 0.15) is 5.75 Å². The van der Waals surface area contributed by atoms with E-state index in [4.69, 9.17) is 4.74 Å². The fraction of sp³-hybridized carbons (Fsp3) is 0.500. The van der Waals surface area contributed by atoms with Gasteiger partial charge >= 0.3 is 18.3 Å². The highest BCUT2D eigenvalue weighted by Crippen LogP contribution is 2.29. The summed E-state index contributed by atoms with van der Waals surface area (Å²) in [7, 11) is 0. The van der Waals surface area contributed by atoms with E-state index in [0.29, 0.717) is 24.7 Å². The number of fused-ring (bicyclic) bond motifs is 1. The number of anilines is 1. The molecular weight excluding hydrogens is 376 g/mol. The molecular formula is C16H18F4N2O3S. The van der Waals surface area contributed by atoms with Crippen molar-refractivity contribution in [3.8, 4) is 5.75 Å². The number of carbonyl (C=O) groups excluding carboxylic acids is 1. The average molecular weight is 394 g/mol. The van der Waals surface area contributed by atoms with E-state index >= 15 is 0 Å². The number of ether oxygens (including phenoxy) is 2. The number of rotatable bonds is 10. The summed E-state index contributed by atoms with van der Waals surface area (Å²) < 4.78 is 59.7. The molecule has 2 rings (SSSR count). The number of alkyl halides is 4. The SMILES string of the molecule is CCOc1ccc2nc(NCCCC(=O)OCC(F)(F)C(F)F)sc2c1. The van der Waals surface area contributed by atoms with Gasteiger partial charge in [0.25, 0.3) is 0 Å². The van der Waals surface area contributed by atoms with Crippen LogP contribution in [0.2, 0.25) is 0 Å². The number of benzene rings is 1. The van der Waals surface area contributed by atoms with Crippen molar-refractivity contribution in [3.63, 3.8) is 0 Å². The van der Waals surface area contributed by atoms with Crippen LogP contribution in [-0.2, 0) is 9.53 Å². The van der Waals surface area contributed by atoms with Crippen LogP contribution < -0.4 is 10.1 Å². The van der Waals surface area contributed by atoms with Crippen LogP contribution in [-0.4, -0.2) is 43.1 Å². The molecule has 2 aromatic rings. The maximum Gasteiger partial charge on any atom is 0.340 e. The highest BCUT2D eigenvalue weighted by atomic mass is 32.1. The number of aromatic nitrogens is 1. The summed E-state index contributed by atoms with van der Waals surface area (Å²) in [6.07, 6.45) is -3.73. The second-order valence-electron chi connectivity index (χ2n) is 5.33. The zero-order chi connectivity index (χ0) is 19.2. The minimum absolute atomic E-state index is 0.161. The first-order chi connectivity index (χ1) is 12.3. The van der Waals surface area contributed by atoms with Gasteiger partial charge in [0.15, 0.2) is 11.7 Å². The van der Waals surface area contributed by atoms with Crippen LogP contribution >= 0.6 is 11.3 Å². The highest BCUT2D eigenvalue weighted by molar-refractivity contribution is 7.22. The Morgan fingerprint density at radius 2 is 2.15 bits per heavy atom. The first-order valence-electron chi connectivity index (χ1n) is 7.90. The first kappa shape index (κ1) is 20.2. The fourth-order valence-corrected chi connectivity index (χ4v) is 2.90. The van der Waals surface area contributed by atoms with Crippen LogP contribution in [0.1, 0.15) is 19.8 Å². The average Bonchev–Trinajstić information content (AvgIpc) is 2.99. The Balaban J connectivity index is 1.74. The van der Waals surface area contributed by atoms with Gasteiger partial charge in [-0.15, -0.1) is 0 Å². The lowest BCUT2D eigenvalue weighted by Gasteiger charge is -2.14. The Morgan fingerprint density at radius 3 is 2.85 bits per heavy atom. The molecule has 5 nitrogen and oxygen atoms in total. The number of hydrogen-bond donors (Lipinski definition) is 1. The van der Waals surface area contributed by atoms with Crippen LogP contribution in [0.5, 0.6) is 5.75 Å². The van der Waals surface area contributed by atoms with Crippen molar-refractivity contribution in [1.82, 2.24) is 4.98 Å². The normalized spacial score (nSPS) is 11.8. The van der Waals surface area contributed by atoms with Gasteiger partial charge < -0.3 is 14.8 Å². The lowest BCUT2D eigenvalue weighted by atomic mass is 10.3. The van der Waals surface area contributed by atoms with E-state index in [-0.39, 0.29) is 6.42 Å². The van der Waals surface area contributed by atoms with E-state index in [9.17, 15) is 22.4 Å². The molecule has 1 heterocycles. The quantitative estimate of drug-likeness (QED) is 0.369. The summed E-state index contributed by atoms with van der Waals surface area (Å²) in [5.41, 5.74) is 0.801. The fourth-order valence-electron chi connectivity index (χ4n) is 1.98. The molecule has 10 heteroatoms. The molecule has 0 aliphatic rings. The molecule has 0 amide bonds. The van der Waals surface area contributed by atoms with Crippen molar-refractivity contribution < 1.29 is 31.8 Å². The van der Waals surface area contributed by atoms with Gasteiger partial charge in [-0.2, -0.15) is 8.78 Å². The first-order valence-corrected chi connectivity index (χ1v) is 8.72. The molecule has 144 valence electrons. The van der Waals surface area contributed by atoms with Gasteiger partial charge in [-0.1, -0.05) is 11.3 Å². The zero-order valence-electron chi connectivity index (χ0n) is 13.9. The van der Waals surface area contributed by atoms with Crippen LogP contribution in [0.4, 0.5) is 22.7 Å². The Kier molecular flexibility index (Phi) is 7.01. The summed E-state index contributed by atoms with van der Waals surface area (Å²) >= 11 is 1.41. The lowest BCUT2D eigenvalue weighted by Crippen LogP contribution is -2.33. The summed E-state index contributed by atoms with van der Waals surface area (Å²) in [4.78, 5) is 15.7. The number of esters is 1. The second kappa shape index (κ2) is 9.02. The third kappa shape index (κ3) is 5.72. The molecule has 0 aliphatic carbocycles. The van der Waals surface area contributed by atoms with Crippen LogP contribution in [0.3, 0.4) is 0 Å². The molecule has 1 aromatic heterocycles. The predicted octanol–water partition coefficient (Wildman–Crippen LogP) is 4.33. The van der Waals surface area contributed by atoms with E-state index in [1.54, 1.807) is 0 Å². The number of nitrogens with zero attached hydrogens (tertiary/aromatic N) is 1. The molecule has 0 aliphatic heterocycles. The minimum Gasteiger partial charge on any atom is -0.494 e. The molecule has 0 unspecified atom stereocenters. The Morgan fingerprint density at radius 1 is 1.38 bits per heavy atom. The third-order valence-electron chi connectivity index (χ3n) is 3.25. The highest BCUT2D eigenvalue weighted by Gasteiger charge is 2.42. The van der Waals surface area contributed by atoms with E-state index in [0.717, 1.165) is 16.0 Å². The molecule has 0 fully saturated rings. The van der Waals surface area contributed by atoms with E-state index in [2.05, 4.69) is 15.0 Å². The van der Waals surface area contributed by atoms with Gasteiger partial charge in [0.2, 0.25) is 0 Å². The van der Waals surface area contributed by atoms with E-state index < -0.39 is 24.9 Å². The molecule has 0 saturated heterocycles. The van der Waals surface area contributed by atoms with Gasteiger partial charge in [0, 0.05) is 13.0 Å². The van der Waals surface area contributed by atoms with Crippen molar-refractivity contribution in [2.24, 2.45) is 0 Å². The molecule has 1 aromatic carbocycles. The third-order valence-corrected chi connectivity index (χ3v) is 4.23. The van der Waals surface area contributed by atoms with Crippen LogP contribution in [0.25, 0.3) is 10.2 Å². The Hall–Kier alpha value is -2.10. The summed E-state index contributed by atoms with van der Waals surface area (Å²) in [6.45, 7) is 1.20. The predicted molar refractivity (Wildman–Crippen MR) is 90.4 cm³/mol. The monoisotopic (exact) mass is 394 g/mol.